The molecule has 0 aromatic heterocycles. The lowest BCUT2D eigenvalue weighted by Crippen LogP contribution is -2.19. The van der Waals surface area contributed by atoms with Crippen molar-refractivity contribution in [2.45, 2.75) is 77.0 Å². The molecule has 11 aromatic rings. The molecule has 2 nitrogen and oxygen atoms in total. The van der Waals surface area contributed by atoms with Crippen LogP contribution in [-0.4, -0.2) is 0 Å². The van der Waals surface area contributed by atoms with Gasteiger partial charge in [0.1, 0.15) is 0 Å². The van der Waals surface area contributed by atoms with Gasteiger partial charge in [0.15, 0.2) is 0 Å². The molecular weight excluding hydrogens is 1010 g/mol. The first-order valence-electron chi connectivity index (χ1n) is 29.9. The zero-order valence-electron chi connectivity index (χ0n) is 49.3. The number of benzene rings is 11. The zero-order chi connectivity index (χ0) is 57.3. The lowest BCUT2D eigenvalue weighted by Gasteiger charge is -2.31. The number of hydrogen-bond acceptors (Lipinski definition) is 2. The third kappa shape index (κ3) is 8.06. The maximum Gasteiger partial charge on any atom is 0.0465 e. The van der Waals surface area contributed by atoms with Crippen LogP contribution in [0.15, 0.2) is 243 Å². The van der Waals surface area contributed by atoms with E-state index in [-0.39, 0.29) is 21.7 Å². The summed E-state index contributed by atoms with van der Waals surface area (Å²) in [4.78, 5) is 4.87. The maximum atomic E-state index is 2.52. The first-order chi connectivity index (χ1) is 40.6. The zero-order valence-corrected chi connectivity index (χ0v) is 49.3. The SMILES string of the molecule is CC1(C)c2ccccc2-c2ccc(N(c3ccc4c(c3)C(C)(C)c3ccccc3-4)c3ccc4c(c3)C(C)(C)c3cc(C=Cc5ccc(C=Cc6ccc7c(c6)C(C)(C)c6cc(N(c8ccccc8)c8ccccc8)ccc6-7)cc5)ccc3-4)cc21. The number of para-hydroxylation sites is 2. The van der Waals surface area contributed by atoms with Crippen LogP contribution in [0.3, 0.4) is 0 Å². The fourth-order valence-electron chi connectivity index (χ4n) is 14.8. The van der Waals surface area contributed by atoms with E-state index < -0.39 is 0 Å². The summed E-state index contributed by atoms with van der Waals surface area (Å²) in [7, 11) is 0. The van der Waals surface area contributed by atoms with Crippen LogP contribution in [0.4, 0.5) is 34.1 Å². The Bertz CT molecular complexity index is 4380. The molecule has 0 aliphatic heterocycles. The van der Waals surface area contributed by atoms with E-state index in [0.29, 0.717) is 0 Å². The molecule has 2 heteroatoms. The van der Waals surface area contributed by atoms with Gasteiger partial charge in [-0.2, -0.15) is 0 Å². The summed E-state index contributed by atoms with van der Waals surface area (Å²) >= 11 is 0. The minimum Gasteiger partial charge on any atom is -0.310 e. The molecule has 0 radical (unpaired) electrons. The van der Waals surface area contributed by atoms with E-state index in [1.54, 1.807) is 0 Å². The van der Waals surface area contributed by atoms with E-state index in [1.165, 1.54) is 128 Å². The van der Waals surface area contributed by atoms with Crippen LogP contribution in [0.2, 0.25) is 0 Å². The normalized spacial score (nSPS) is 15.4. The van der Waals surface area contributed by atoms with Crippen LogP contribution < -0.4 is 9.80 Å². The molecule has 0 heterocycles. The largest absolute Gasteiger partial charge is 0.310 e. The molecule has 4 aliphatic rings. The summed E-state index contributed by atoms with van der Waals surface area (Å²) in [5.41, 5.74) is 32.7. The Balaban J connectivity index is 0.684. The predicted molar refractivity (Wildman–Crippen MR) is 357 cm³/mol. The van der Waals surface area contributed by atoms with Crippen LogP contribution >= 0.6 is 0 Å². The average molecular weight is 1080 g/mol. The highest BCUT2D eigenvalue weighted by Crippen LogP contribution is 2.56. The molecular formula is C82H68N2. The van der Waals surface area contributed by atoms with Crippen molar-refractivity contribution in [3.8, 4) is 44.5 Å². The summed E-state index contributed by atoms with van der Waals surface area (Å²) in [5, 5.41) is 0. The van der Waals surface area contributed by atoms with Gasteiger partial charge in [-0.15, -0.1) is 0 Å². The molecule has 0 bridgehead atoms. The van der Waals surface area contributed by atoms with Gasteiger partial charge in [-0.3, -0.25) is 0 Å². The van der Waals surface area contributed by atoms with Crippen molar-refractivity contribution in [1.82, 2.24) is 0 Å². The molecule has 0 amide bonds. The Hall–Kier alpha value is -9.50. The number of rotatable bonds is 10. The molecule has 0 atom stereocenters. The van der Waals surface area contributed by atoms with Gasteiger partial charge in [-0.25, -0.2) is 0 Å². The topological polar surface area (TPSA) is 6.48 Å². The highest BCUT2D eigenvalue weighted by atomic mass is 15.1. The molecule has 406 valence electrons. The number of fused-ring (bicyclic) bond motifs is 12. The number of anilines is 6. The third-order valence-electron chi connectivity index (χ3n) is 19.4. The Morgan fingerprint density at radius 2 is 0.440 bits per heavy atom. The second kappa shape index (κ2) is 19.0. The van der Waals surface area contributed by atoms with Crippen molar-refractivity contribution >= 4 is 58.4 Å². The Morgan fingerprint density at radius 3 is 0.786 bits per heavy atom. The molecule has 0 unspecified atom stereocenters. The van der Waals surface area contributed by atoms with Crippen LogP contribution in [0.5, 0.6) is 0 Å². The predicted octanol–water partition coefficient (Wildman–Crippen LogP) is 22.2. The number of hydrogen-bond donors (Lipinski definition) is 0. The van der Waals surface area contributed by atoms with Gasteiger partial charge >= 0.3 is 0 Å². The van der Waals surface area contributed by atoms with E-state index in [1.807, 2.05) is 0 Å². The third-order valence-corrected chi connectivity index (χ3v) is 19.4. The van der Waals surface area contributed by atoms with Crippen molar-refractivity contribution in [2.75, 3.05) is 9.80 Å². The van der Waals surface area contributed by atoms with Gasteiger partial charge < -0.3 is 9.80 Å². The molecule has 11 aromatic carbocycles. The van der Waals surface area contributed by atoms with E-state index >= 15 is 0 Å². The van der Waals surface area contributed by atoms with E-state index in [9.17, 15) is 0 Å². The lowest BCUT2D eigenvalue weighted by atomic mass is 9.81. The van der Waals surface area contributed by atoms with Crippen molar-refractivity contribution in [3.05, 3.63) is 309 Å². The summed E-state index contributed by atoms with van der Waals surface area (Å²) in [5.74, 6) is 0. The Kier molecular flexibility index (Phi) is 11.6. The molecule has 84 heavy (non-hydrogen) atoms. The van der Waals surface area contributed by atoms with Gasteiger partial charge in [0.25, 0.3) is 0 Å². The molecule has 0 fully saturated rings. The van der Waals surface area contributed by atoms with Gasteiger partial charge in [0, 0.05) is 55.8 Å². The average Bonchev–Trinajstić information content (AvgIpc) is 4.30. The summed E-state index contributed by atoms with van der Waals surface area (Å²) in [6.07, 6.45) is 9.01. The standard InChI is InChI=1S/C82H68N2/c1-79(2)71-25-17-15-23-63(71)67-43-38-60(50-75(67)79)84(61-39-44-68-64-24-16-18-26-72(64)80(3,4)76(68)51-61)62-40-46-70-66-42-36-56(48-74(66)82(7,8)78(70)52-62)34-32-54-29-27-53(28-30-54)31-33-55-35-41-65-69-45-37-59(49-77(69)81(5,6)73(65)47-55)83(57-19-11-9-12-20-57)58-21-13-10-14-22-58/h9-52H,1-8H3. The molecule has 15 rings (SSSR count). The van der Waals surface area contributed by atoms with Crippen LogP contribution in [0.25, 0.3) is 68.8 Å². The lowest BCUT2D eigenvalue weighted by molar-refractivity contribution is 0.659. The quantitative estimate of drug-likeness (QED) is 0.126. The van der Waals surface area contributed by atoms with Crippen molar-refractivity contribution < 1.29 is 0 Å². The van der Waals surface area contributed by atoms with E-state index in [0.717, 1.165) is 17.1 Å². The Morgan fingerprint density at radius 1 is 0.202 bits per heavy atom. The van der Waals surface area contributed by atoms with E-state index in [4.69, 9.17) is 0 Å². The summed E-state index contributed by atoms with van der Waals surface area (Å²) in [6, 6.07) is 90.7. The molecule has 4 aliphatic carbocycles. The smallest absolute Gasteiger partial charge is 0.0465 e. The fourth-order valence-corrected chi connectivity index (χ4v) is 14.8. The first kappa shape index (κ1) is 51.4. The Labute approximate surface area is 496 Å². The van der Waals surface area contributed by atoms with E-state index in [2.05, 4.69) is 332 Å². The summed E-state index contributed by atoms with van der Waals surface area (Å²) < 4.78 is 0. The van der Waals surface area contributed by atoms with Gasteiger partial charge in [-0.1, -0.05) is 250 Å². The highest BCUT2D eigenvalue weighted by molar-refractivity contribution is 5.92. The summed E-state index contributed by atoms with van der Waals surface area (Å²) in [6.45, 7) is 19.1. The highest BCUT2D eigenvalue weighted by Gasteiger charge is 2.41. The second-order valence-corrected chi connectivity index (χ2v) is 25.8. The van der Waals surface area contributed by atoms with Crippen LogP contribution in [0.1, 0.15) is 122 Å². The molecule has 0 N–H and O–H groups in total. The van der Waals surface area contributed by atoms with Gasteiger partial charge in [-0.05, 0) is 184 Å². The maximum absolute atomic E-state index is 2.52. The molecule has 0 saturated carbocycles. The molecule has 0 saturated heterocycles. The van der Waals surface area contributed by atoms with Crippen molar-refractivity contribution in [1.29, 1.82) is 0 Å². The monoisotopic (exact) mass is 1080 g/mol. The van der Waals surface area contributed by atoms with Crippen molar-refractivity contribution in [2.24, 2.45) is 0 Å². The van der Waals surface area contributed by atoms with Crippen LogP contribution in [0, 0.1) is 0 Å². The second-order valence-electron chi connectivity index (χ2n) is 25.8. The van der Waals surface area contributed by atoms with Gasteiger partial charge in [0.05, 0.1) is 0 Å². The first-order valence-corrected chi connectivity index (χ1v) is 29.9. The minimum atomic E-state index is -0.220. The van der Waals surface area contributed by atoms with Gasteiger partial charge in [0.2, 0.25) is 0 Å². The van der Waals surface area contributed by atoms with Crippen molar-refractivity contribution in [3.63, 3.8) is 0 Å². The van der Waals surface area contributed by atoms with Crippen LogP contribution in [-0.2, 0) is 21.7 Å². The minimum absolute atomic E-state index is 0.121. The molecule has 0 spiro atoms. The number of nitrogens with zero attached hydrogens (tertiary/aromatic N) is 2. The fraction of sp³-hybridized carbons (Fsp3) is 0.146.